The lowest BCUT2D eigenvalue weighted by molar-refractivity contribution is -0.140. The lowest BCUT2D eigenvalue weighted by Crippen LogP contribution is -2.14. The highest BCUT2D eigenvalue weighted by Gasteiger charge is 1.89. The van der Waals surface area contributed by atoms with Gasteiger partial charge in [0.05, 0.1) is 6.54 Å². The first-order valence-electron chi connectivity index (χ1n) is 2.46. The number of nitrogens with zero attached hydrogens (tertiary/aromatic N) is 1. The lowest BCUT2D eigenvalue weighted by atomic mass is 10.7. The number of carbonyl (C=O) groups is 1. The molecule has 0 saturated heterocycles. The molecule has 5 heteroatoms. The van der Waals surface area contributed by atoms with Gasteiger partial charge in [0.15, 0.2) is 0 Å². The van der Waals surface area contributed by atoms with Gasteiger partial charge in [0.25, 0.3) is 0 Å². The van der Waals surface area contributed by atoms with Crippen LogP contribution in [0.3, 0.4) is 0 Å². The average Bonchev–Trinajstić information content (AvgIpc) is 1.80. The molecule has 0 unspecified atom stereocenters. The highest BCUT2D eigenvalue weighted by molar-refractivity contribution is 5.65. The Morgan fingerprint density at radius 2 is 2.44 bits per heavy atom. The molecule has 0 bridgehead atoms. The van der Waals surface area contributed by atoms with Crippen LogP contribution in [0.25, 0.3) is 0 Å². The van der Waals surface area contributed by atoms with Crippen LogP contribution in [-0.2, 0) is 9.53 Å². The average molecular weight is 132 g/mol. The summed E-state index contributed by atoms with van der Waals surface area (Å²) in [6.45, 7) is 1.75. The third kappa shape index (κ3) is 6.87. The fourth-order valence-electron chi connectivity index (χ4n) is 0.286. The molecular weight excluding hydrogens is 124 g/mol. The molecule has 0 aromatic rings. The third-order valence-corrected chi connectivity index (χ3v) is 0.584. The molecular formula is C4H8N2O3. The summed E-state index contributed by atoms with van der Waals surface area (Å²) in [5, 5.41) is 2.34. The van der Waals surface area contributed by atoms with Gasteiger partial charge >= 0.3 is 5.97 Å². The molecule has 0 aliphatic carbocycles. The van der Waals surface area contributed by atoms with E-state index in [1.807, 2.05) is 0 Å². The molecule has 0 aromatic heterocycles. The molecule has 0 amide bonds. The largest absolute Gasteiger partial charge is 0.464 e. The molecule has 1 N–H and O–H groups in total. The Balaban J connectivity index is 2.91. The molecule has 0 saturated carbocycles. The standard InChI is InChI=1S/C4H8N2O3/c1-4(7)9-3-2-5-6-8/h2-3H2,1H3,(H,5,8). The van der Waals surface area contributed by atoms with Gasteiger partial charge in [-0.2, -0.15) is 0 Å². The third-order valence-electron chi connectivity index (χ3n) is 0.584. The van der Waals surface area contributed by atoms with Crippen molar-refractivity contribution in [2.24, 2.45) is 5.29 Å². The van der Waals surface area contributed by atoms with Gasteiger partial charge in [-0.05, 0) is 0 Å². The van der Waals surface area contributed by atoms with Gasteiger partial charge in [-0.15, -0.1) is 4.91 Å². The number of nitrogens with one attached hydrogen (secondary N) is 1. The lowest BCUT2D eigenvalue weighted by Gasteiger charge is -1.97. The van der Waals surface area contributed by atoms with Crippen molar-refractivity contribution in [1.82, 2.24) is 5.43 Å². The predicted molar refractivity (Wildman–Crippen MR) is 30.4 cm³/mol. The summed E-state index contributed by atoms with van der Waals surface area (Å²) < 4.78 is 4.44. The van der Waals surface area contributed by atoms with Crippen LogP contribution in [-0.4, -0.2) is 19.1 Å². The zero-order chi connectivity index (χ0) is 7.11. The number of nitroso groups, excluding NO2 is 1. The van der Waals surface area contributed by atoms with Crippen LogP contribution in [0.5, 0.6) is 0 Å². The van der Waals surface area contributed by atoms with Crippen LogP contribution in [0.15, 0.2) is 5.29 Å². The number of hydrogen-bond donors (Lipinski definition) is 1. The van der Waals surface area contributed by atoms with Gasteiger partial charge in [0, 0.05) is 12.2 Å². The summed E-state index contributed by atoms with van der Waals surface area (Å²) in [5.74, 6) is -0.359. The first kappa shape index (κ1) is 7.87. The molecule has 0 radical (unpaired) electrons. The molecule has 52 valence electrons. The molecule has 0 aromatic carbocycles. The Bertz CT molecular complexity index is 104. The fraction of sp³-hybridized carbons (Fsp3) is 0.750. The minimum absolute atomic E-state index is 0.182. The van der Waals surface area contributed by atoms with Gasteiger partial charge in [0.2, 0.25) is 0 Å². The molecule has 0 aliphatic rings. The molecule has 0 atom stereocenters. The Labute approximate surface area is 52.3 Å². The van der Waals surface area contributed by atoms with E-state index in [1.165, 1.54) is 6.92 Å². The van der Waals surface area contributed by atoms with E-state index < -0.39 is 0 Å². The first-order chi connectivity index (χ1) is 4.27. The van der Waals surface area contributed by atoms with Crippen LogP contribution >= 0.6 is 0 Å². The maximum Gasteiger partial charge on any atom is 0.302 e. The summed E-state index contributed by atoms with van der Waals surface area (Å²) in [6, 6.07) is 0. The number of esters is 1. The summed E-state index contributed by atoms with van der Waals surface area (Å²) in [4.78, 5) is 19.4. The van der Waals surface area contributed by atoms with E-state index in [2.05, 4.69) is 15.4 Å². The Morgan fingerprint density at radius 3 is 2.89 bits per heavy atom. The minimum atomic E-state index is -0.359. The molecule has 0 heterocycles. The quantitative estimate of drug-likeness (QED) is 0.249. The topological polar surface area (TPSA) is 67.8 Å². The van der Waals surface area contributed by atoms with Crippen molar-refractivity contribution in [3.8, 4) is 0 Å². The highest BCUT2D eigenvalue weighted by Crippen LogP contribution is 1.72. The summed E-state index contributed by atoms with van der Waals surface area (Å²) in [6.07, 6.45) is 0. The van der Waals surface area contributed by atoms with Gasteiger partial charge in [-0.3, -0.25) is 10.2 Å². The van der Waals surface area contributed by atoms with Gasteiger partial charge in [0.1, 0.15) is 6.61 Å². The molecule has 0 spiro atoms. The van der Waals surface area contributed by atoms with Crippen molar-refractivity contribution in [2.75, 3.05) is 13.2 Å². The molecule has 0 rings (SSSR count). The van der Waals surface area contributed by atoms with E-state index in [4.69, 9.17) is 0 Å². The van der Waals surface area contributed by atoms with E-state index in [-0.39, 0.29) is 19.1 Å². The predicted octanol–water partition coefficient (Wildman–Crippen LogP) is -0.179. The number of rotatable bonds is 4. The Hall–Kier alpha value is -1.13. The van der Waals surface area contributed by atoms with E-state index in [0.717, 1.165) is 0 Å². The number of carbonyl (C=O) groups excluding carboxylic acids is 1. The van der Waals surface area contributed by atoms with Crippen molar-refractivity contribution in [3.63, 3.8) is 0 Å². The number of hydrogen-bond acceptors (Lipinski definition) is 4. The van der Waals surface area contributed by atoms with Gasteiger partial charge < -0.3 is 4.74 Å². The smallest absolute Gasteiger partial charge is 0.302 e. The first-order valence-corrected chi connectivity index (χ1v) is 2.46. The molecule has 5 nitrogen and oxygen atoms in total. The van der Waals surface area contributed by atoms with Crippen LogP contribution in [0.2, 0.25) is 0 Å². The van der Waals surface area contributed by atoms with Crippen LogP contribution in [0, 0.1) is 4.91 Å². The monoisotopic (exact) mass is 132 g/mol. The Morgan fingerprint density at radius 1 is 1.78 bits per heavy atom. The zero-order valence-corrected chi connectivity index (χ0v) is 5.09. The maximum absolute atomic E-state index is 10.0. The van der Waals surface area contributed by atoms with Crippen molar-refractivity contribution in [3.05, 3.63) is 4.91 Å². The van der Waals surface area contributed by atoms with Crippen LogP contribution in [0.1, 0.15) is 6.92 Å². The summed E-state index contributed by atoms with van der Waals surface area (Å²) in [5.41, 5.74) is 2.10. The van der Waals surface area contributed by atoms with Crippen molar-refractivity contribution in [2.45, 2.75) is 6.92 Å². The summed E-state index contributed by atoms with van der Waals surface area (Å²) in [7, 11) is 0. The highest BCUT2D eigenvalue weighted by atomic mass is 16.5. The SMILES string of the molecule is CC(=O)OCCNN=O. The van der Waals surface area contributed by atoms with E-state index in [9.17, 15) is 9.70 Å². The maximum atomic E-state index is 10.0. The van der Waals surface area contributed by atoms with E-state index >= 15 is 0 Å². The number of ether oxygens (including phenoxy) is 1. The fourth-order valence-corrected chi connectivity index (χ4v) is 0.286. The van der Waals surface area contributed by atoms with Gasteiger partial charge in [-0.25, -0.2) is 0 Å². The van der Waals surface area contributed by atoms with E-state index in [1.54, 1.807) is 0 Å². The van der Waals surface area contributed by atoms with E-state index in [0.29, 0.717) is 0 Å². The minimum Gasteiger partial charge on any atom is -0.464 e. The molecule has 0 fully saturated rings. The normalized spacial score (nSPS) is 8.11. The second-order valence-electron chi connectivity index (χ2n) is 1.34. The summed E-state index contributed by atoms with van der Waals surface area (Å²) >= 11 is 0. The zero-order valence-electron chi connectivity index (χ0n) is 5.09. The Kier molecular flexibility index (Phi) is 4.39. The van der Waals surface area contributed by atoms with Crippen LogP contribution in [0.4, 0.5) is 0 Å². The van der Waals surface area contributed by atoms with Crippen molar-refractivity contribution < 1.29 is 9.53 Å². The second-order valence-corrected chi connectivity index (χ2v) is 1.34. The van der Waals surface area contributed by atoms with Crippen molar-refractivity contribution in [1.29, 1.82) is 0 Å². The molecule has 9 heavy (non-hydrogen) atoms. The molecule has 0 aliphatic heterocycles. The van der Waals surface area contributed by atoms with Gasteiger partial charge in [-0.1, -0.05) is 0 Å². The second kappa shape index (κ2) is 5.02. The van der Waals surface area contributed by atoms with Crippen LogP contribution < -0.4 is 5.43 Å². The van der Waals surface area contributed by atoms with Crippen molar-refractivity contribution >= 4 is 5.97 Å².